The first-order chi connectivity index (χ1) is 8.56. The fraction of sp³-hybridized carbons (Fsp3) is 0.364. The minimum absolute atomic E-state index is 0.0801. The number of nitro groups is 1. The Morgan fingerprint density at radius 3 is 2.67 bits per heavy atom. The maximum atomic E-state index is 11.1. The number of thiazole rings is 1. The second kappa shape index (κ2) is 4.77. The van der Waals surface area contributed by atoms with Gasteiger partial charge in [-0.3, -0.25) is 10.1 Å². The highest BCUT2D eigenvalue weighted by Gasteiger charge is 2.20. The van der Waals surface area contributed by atoms with Crippen LogP contribution in [0.4, 0.5) is 16.5 Å². The third-order valence-electron chi connectivity index (χ3n) is 2.80. The highest BCUT2D eigenvalue weighted by Crippen LogP contribution is 2.35. The molecule has 0 spiro atoms. The Kier molecular flexibility index (Phi) is 3.33. The lowest BCUT2D eigenvalue weighted by atomic mass is 10.2. The number of fused-ring (bicyclic) bond motifs is 1. The van der Waals surface area contributed by atoms with E-state index in [1.54, 1.807) is 6.07 Å². The van der Waals surface area contributed by atoms with Crippen molar-refractivity contribution in [3.63, 3.8) is 0 Å². The van der Waals surface area contributed by atoms with E-state index < -0.39 is 0 Å². The number of benzene rings is 1. The van der Waals surface area contributed by atoms with Gasteiger partial charge in [-0.1, -0.05) is 11.3 Å². The van der Waals surface area contributed by atoms with E-state index in [1.807, 2.05) is 18.7 Å². The summed E-state index contributed by atoms with van der Waals surface area (Å²) in [6.07, 6.45) is 0. The lowest BCUT2D eigenvalue weighted by Gasteiger charge is -2.20. The first kappa shape index (κ1) is 12.6. The van der Waals surface area contributed by atoms with Gasteiger partial charge in [-0.05, 0) is 19.9 Å². The van der Waals surface area contributed by atoms with Gasteiger partial charge in [-0.25, -0.2) is 4.98 Å². The van der Waals surface area contributed by atoms with Crippen LogP contribution in [0, 0.1) is 10.1 Å². The molecular formula is C11H14N4O2S. The predicted molar refractivity (Wildman–Crippen MR) is 74.2 cm³/mol. The summed E-state index contributed by atoms with van der Waals surface area (Å²) < 4.78 is 0.875. The number of rotatable bonds is 4. The average Bonchev–Trinajstić information content (AvgIpc) is 2.68. The van der Waals surface area contributed by atoms with E-state index >= 15 is 0 Å². The van der Waals surface area contributed by atoms with Crippen LogP contribution in [0.5, 0.6) is 0 Å². The molecule has 2 rings (SSSR count). The van der Waals surface area contributed by atoms with Crippen molar-refractivity contribution < 1.29 is 4.92 Å². The molecule has 6 nitrogen and oxygen atoms in total. The van der Waals surface area contributed by atoms with E-state index in [0.717, 1.165) is 17.8 Å². The summed E-state index contributed by atoms with van der Waals surface area (Å²) in [6, 6.07) is 3.30. The van der Waals surface area contributed by atoms with E-state index in [9.17, 15) is 10.1 Å². The third-order valence-corrected chi connectivity index (χ3v) is 3.65. The maximum Gasteiger partial charge on any atom is 0.294 e. The van der Waals surface area contributed by atoms with E-state index in [-0.39, 0.29) is 10.6 Å². The molecule has 7 heteroatoms. The number of nitrogen functional groups attached to an aromatic ring is 1. The highest BCUT2D eigenvalue weighted by molar-refractivity contribution is 7.22. The molecule has 0 bridgehead atoms. The standard InChI is InChI=1S/C11H14N4O2S/c1-3-14(4-2)8-6-10-7(13-11(12)18-10)5-9(8)15(16)17/h5-6H,3-4H2,1-2H3,(H2,12,13). The predicted octanol–water partition coefficient (Wildman–Crippen LogP) is 2.63. The third kappa shape index (κ3) is 2.08. The molecular weight excluding hydrogens is 252 g/mol. The van der Waals surface area contributed by atoms with Gasteiger partial charge in [-0.15, -0.1) is 0 Å². The van der Waals surface area contributed by atoms with Crippen LogP contribution in [0.25, 0.3) is 10.2 Å². The monoisotopic (exact) mass is 266 g/mol. The van der Waals surface area contributed by atoms with Crippen LogP contribution in [0.15, 0.2) is 12.1 Å². The number of nitro benzene ring substituents is 1. The lowest BCUT2D eigenvalue weighted by Crippen LogP contribution is -2.22. The zero-order chi connectivity index (χ0) is 13.3. The van der Waals surface area contributed by atoms with Gasteiger partial charge in [0, 0.05) is 19.2 Å². The van der Waals surface area contributed by atoms with Gasteiger partial charge in [0.1, 0.15) is 5.69 Å². The first-order valence-corrected chi connectivity index (χ1v) is 6.47. The molecule has 2 aromatic rings. The summed E-state index contributed by atoms with van der Waals surface area (Å²) >= 11 is 1.34. The Morgan fingerprint density at radius 1 is 1.44 bits per heavy atom. The molecule has 1 aromatic carbocycles. The zero-order valence-electron chi connectivity index (χ0n) is 10.2. The van der Waals surface area contributed by atoms with Crippen molar-refractivity contribution in [2.45, 2.75) is 13.8 Å². The average molecular weight is 266 g/mol. The Balaban J connectivity index is 2.67. The maximum absolute atomic E-state index is 11.1. The summed E-state index contributed by atoms with van der Waals surface area (Å²) in [5.74, 6) is 0. The summed E-state index contributed by atoms with van der Waals surface area (Å²) in [5.41, 5.74) is 6.92. The van der Waals surface area contributed by atoms with E-state index in [1.165, 1.54) is 17.4 Å². The molecule has 0 fully saturated rings. The Labute approximate surface area is 108 Å². The van der Waals surface area contributed by atoms with Gasteiger partial charge in [0.05, 0.1) is 15.1 Å². The van der Waals surface area contributed by atoms with E-state index in [4.69, 9.17) is 5.73 Å². The minimum Gasteiger partial charge on any atom is -0.375 e. The Morgan fingerprint density at radius 2 is 2.11 bits per heavy atom. The Hall–Kier alpha value is -1.89. The number of nitrogens with zero attached hydrogens (tertiary/aromatic N) is 3. The SMILES string of the molecule is CCN(CC)c1cc2sc(N)nc2cc1[N+](=O)[O-]. The summed E-state index contributed by atoms with van der Waals surface area (Å²) in [7, 11) is 0. The summed E-state index contributed by atoms with van der Waals surface area (Å²) in [5, 5.41) is 11.6. The van der Waals surface area contributed by atoms with Crippen LogP contribution in [-0.2, 0) is 0 Å². The molecule has 0 saturated heterocycles. The lowest BCUT2D eigenvalue weighted by molar-refractivity contribution is -0.384. The van der Waals surface area contributed by atoms with Gasteiger partial charge in [0.15, 0.2) is 5.13 Å². The highest BCUT2D eigenvalue weighted by atomic mass is 32.1. The van der Waals surface area contributed by atoms with Gasteiger partial charge in [0.25, 0.3) is 5.69 Å². The molecule has 0 unspecified atom stereocenters. The van der Waals surface area contributed by atoms with Gasteiger partial charge >= 0.3 is 0 Å². The molecule has 0 amide bonds. The Bertz CT molecular complexity index is 592. The number of anilines is 2. The van der Waals surface area contributed by atoms with Crippen molar-refractivity contribution in [3.8, 4) is 0 Å². The van der Waals surface area contributed by atoms with Crippen LogP contribution in [0.2, 0.25) is 0 Å². The largest absolute Gasteiger partial charge is 0.375 e. The molecule has 0 radical (unpaired) electrons. The zero-order valence-corrected chi connectivity index (χ0v) is 11.0. The number of nitrogens with two attached hydrogens (primary N) is 1. The smallest absolute Gasteiger partial charge is 0.294 e. The minimum atomic E-state index is -0.372. The summed E-state index contributed by atoms with van der Waals surface area (Å²) in [4.78, 5) is 16.8. The second-order valence-corrected chi connectivity index (χ2v) is 4.85. The van der Waals surface area contributed by atoms with Crippen LogP contribution in [0.3, 0.4) is 0 Å². The van der Waals surface area contributed by atoms with Crippen LogP contribution >= 0.6 is 11.3 Å². The van der Waals surface area contributed by atoms with E-state index in [2.05, 4.69) is 4.98 Å². The molecule has 0 aliphatic heterocycles. The fourth-order valence-corrected chi connectivity index (χ4v) is 2.68. The van der Waals surface area contributed by atoms with Gasteiger partial charge in [-0.2, -0.15) is 0 Å². The number of hydrogen-bond acceptors (Lipinski definition) is 6. The topological polar surface area (TPSA) is 85.3 Å². The fourth-order valence-electron chi connectivity index (χ4n) is 1.93. The number of hydrogen-bond donors (Lipinski definition) is 1. The molecule has 1 aromatic heterocycles. The van der Waals surface area contributed by atoms with Crippen molar-refractivity contribution in [1.29, 1.82) is 0 Å². The van der Waals surface area contributed by atoms with Crippen molar-refractivity contribution in [1.82, 2.24) is 4.98 Å². The van der Waals surface area contributed by atoms with Crippen molar-refractivity contribution in [3.05, 3.63) is 22.2 Å². The molecule has 0 atom stereocenters. The molecule has 18 heavy (non-hydrogen) atoms. The molecule has 0 aliphatic carbocycles. The number of aromatic nitrogens is 1. The molecule has 0 aliphatic rings. The van der Waals surface area contributed by atoms with Crippen molar-refractivity contribution in [2.24, 2.45) is 0 Å². The van der Waals surface area contributed by atoms with Crippen LogP contribution in [0.1, 0.15) is 13.8 Å². The van der Waals surface area contributed by atoms with Gasteiger partial charge < -0.3 is 10.6 Å². The van der Waals surface area contributed by atoms with Crippen LogP contribution in [-0.4, -0.2) is 23.0 Å². The normalized spacial score (nSPS) is 10.8. The van der Waals surface area contributed by atoms with Crippen molar-refractivity contribution >= 4 is 38.1 Å². The van der Waals surface area contributed by atoms with Crippen molar-refractivity contribution in [2.75, 3.05) is 23.7 Å². The van der Waals surface area contributed by atoms with E-state index in [0.29, 0.717) is 16.3 Å². The quantitative estimate of drug-likeness (QED) is 0.679. The van der Waals surface area contributed by atoms with Gasteiger partial charge in [0.2, 0.25) is 0 Å². The molecule has 1 heterocycles. The van der Waals surface area contributed by atoms with Crippen LogP contribution < -0.4 is 10.6 Å². The molecule has 0 saturated carbocycles. The summed E-state index contributed by atoms with van der Waals surface area (Å²) in [6.45, 7) is 5.38. The molecule has 96 valence electrons. The first-order valence-electron chi connectivity index (χ1n) is 5.66. The second-order valence-electron chi connectivity index (χ2n) is 3.79. The molecule has 2 N–H and O–H groups in total.